The summed E-state index contributed by atoms with van der Waals surface area (Å²) in [5.74, 6) is -0.00191. The Balaban J connectivity index is 1.41. The molecule has 2 N–H and O–H groups in total. The van der Waals surface area contributed by atoms with E-state index in [9.17, 15) is 14.4 Å². The van der Waals surface area contributed by atoms with Gasteiger partial charge in [0.05, 0.1) is 17.2 Å². The summed E-state index contributed by atoms with van der Waals surface area (Å²) < 4.78 is 5.85. The van der Waals surface area contributed by atoms with Crippen LogP contribution in [-0.4, -0.2) is 63.1 Å². The number of pyridine rings is 2. The molecule has 2 aromatic heterocycles. The molecule has 0 saturated carbocycles. The number of nitrogens with two attached hydrogens (primary N) is 1. The summed E-state index contributed by atoms with van der Waals surface area (Å²) in [6.45, 7) is 8.79. The number of ketones is 1. The van der Waals surface area contributed by atoms with Crippen molar-refractivity contribution in [1.82, 2.24) is 19.8 Å². The van der Waals surface area contributed by atoms with Crippen molar-refractivity contribution >= 4 is 23.3 Å². The lowest BCUT2D eigenvalue weighted by Crippen LogP contribution is -2.41. The molecule has 2 aliphatic rings. The van der Waals surface area contributed by atoms with Crippen molar-refractivity contribution in [3.8, 4) is 5.88 Å². The number of fused-ring (bicyclic) bond motifs is 1. The minimum atomic E-state index is -0.289. The zero-order valence-electron chi connectivity index (χ0n) is 21.3. The van der Waals surface area contributed by atoms with Crippen molar-refractivity contribution in [2.45, 2.75) is 53.1 Å². The van der Waals surface area contributed by atoms with Gasteiger partial charge >= 0.3 is 0 Å². The topological polar surface area (TPSA) is 119 Å². The molecule has 1 unspecified atom stereocenters. The fraction of sp³-hybridized carbons (Fsp3) is 0.444. The van der Waals surface area contributed by atoms with Gasteiger partial charge in [0.25, 0.3) is 0 Å². The van der Waals surface area contributed by atoms with Gasteiger partial charge in [-0.3, -0.25) is 19.4 Å². The van der Waals surface area contributed by atoms with E-state index in [0.717, 1.165) is 16.8 Å². The third-order valence-corrected chi connectivity index (χ3v) is 6.85. The van der Waals surface area contributed by atoms with Crippen LogP contribution < -0.4 is 10.5 Å². The first kappa shape index (κ1) is 25.3. The Morgan fingerprint density at radius 1 is 1.19 bits per heavy atom. The number of hydrogen-bond acceptors (Lipinski definition) is 7. The number of rotatable bonds is 7. The highest BCUT2D eigenvalue weighted by Crippen LogP contribution is 2.27. The molecule has 4 rings (SSSR count). The Hall–Kier alpha value is -3.75. The molecule has 190 valence electrons. The molecule has 0 spiro atoms. The fourth-order valence-electron chi connectivity index (χ4n) is 4.66. The highest BCUT2D eigenvalue weighted by molar-refractivity contribution is 6.00. The van der Waals surface area contributed by atoms with Crippen molar-refractivity contribution in [3.63, 3.8) is 0 Å². The summed E-state index contributed by atoms with van der Waals surface area (Å²) in [4.78, 5) is 49.8. The second-order valence-corrected chi connectivity index (χ2v) is 9.77. The second-order valence-electron chi connectivity index (χ2n) is 9.77. The van der Waals surface area contributed by atoms with Crippen LogP contribution in [0, 0.1) is 12.8 Å². The molecule has 0 aromatic carbocycles. The first-order valence-corrected chi connectivity index (χ1v) is 12.3. The summed E-state index contributed by atoms with van der Waals surface area (Å²) in [5.41, 5.74) is 10.5. The van der Waals surface area contributed by atoms with Gasteiger partial charge in [-0.1, -0.05) is 0 Å². The Morgan fingerprint density at radius 3 is 2.61 bits per heavy atom. The minimum absolute atomic E-state index is 0.00645. The van der Waals surface area contributed by atoms with Gasteiger partial charge in [0.1, 0.15) is 6.61 Å². The van der Waals surface area contributed by atoms with Crippen molar-refractivity contribution in [2.24, 2.45) is 11.7 Å². The van der Waals surface area contributed by atoms with E-state index in [1.165, 1.54) is 6.92 Å². The molecule has 1 saturated heterocycles. The van der Waals surface area contributed by atoms with E-state index in [2.05, 4.69) is 9.97 Å². The number of hydrogen-bond donors (Lipinski definition) is 1. The maximum Gasteiger partial charge on any atom is 0.228 e. The van der Waals surface area contributed by atoms with E-state index in [-0.39, 0.29) is 42.6 Å². The Bertz CT molecular complexity index is 1210. The van der Waals surface area contributed by atoms with Crippen LogP contribution in [0.15, 0.2) is 36.2 Å². The van der Waals surface area contributed by atoms with Crippen LogP contribution in [0.1, 0.15) is 49.6 Å². The van der Waals surface area contributed by atoms with Gasteiger partial charge < -0.3 is 20.3 Å². The van der Waals surface area contributed by atoms with Gasteiger partial charge in [-0.15, -0.1) is 0 Å². The summed E-state index contributed by atoms with van der Waals surface area (Å²) in [6, 6.07) is 5.62. The smallest absolute Gasteiger partial charge is 0.228 e. The standard InChI is InChI=1S/C27H33N5O4/c1-16(2)32-14-21(10-25(32)34)27(35)31-8-7-19-9-24(30-12-22(19)13-31)36-15-23(18(4)33)26(28)20-6-5-17(3)29-11-20/h5-6,9,11-12,16,21H,7-8,10,13-15,28H2,1-4H3/b26-23-. The van der Waals surface area contributed by atoms with Crippen LogP contribution in [0.4, 0.5) is 0 Å². The highest BCUT2D eigenvalue weighted by Gasteiger charge is 2.38. The lowest BCUT2D eigenvalue weighted by Gasteiger charge is -2.31. The molecular weight excluding hydrogens is 458 g/mol. The zero-order chi connectivity index (χ0) is 26.0. The summed E-state index contributed by atoms with van der Waals surface area (Å²) >= 11 is 0. The molecule has 9 heteroatoms. The van der Waals surface area contributed by atoms with E-state index < -0.39 is 0 Å². The normalized spacial score (nSPS) is 18.2. The lowest BCUT2D eigenvalue weighted by atomic mass is 9.99. The quantitative estimate of drug-likeness (QED) is 0.590. The van der Waals surface area contributed by atoms with Gasteiger partial charge in [-0.25, -0.2) is 4.98 Å². The average Bonchev–Trinajstić information content (AvgIpc) is 3.25. The van der Waals surface area contributed by atoms with Crippen molar-refractivity contribution in [1.29, 1.82) is 0 Å². The third-order valence-electron chi connectivity index (χ3n) is 6.85. The molecule has 4 heterocycles. The zero-order valence-corrected chi connectivity index (χ0v) is 21.3. The van der Waals surface area contributed by atoms with Crippen LogP contribution >= 0.6 is 0 Å². The molecule has 2 amide bonds. The number of aryl methyl sites for hydroxylation is 1. The number of nitrogens with zero attached hydrogens (tertiary/aromatic N) is 4. The van der Waals surface area contributed by atoms with Crippen molar-refractivity contribution in [3.05, 3.63) is 58.6 Å². The molecular formula is C27H33N5O4. The SMILES string of the molecule is CC(=O)/C(COc1cc2c(cn1)CN(C(=O)C1CC(=O)N(C(C)C)C1)CC2)=C(\N)c1ccc(C)nc1. The first-order valence-electron chi connectivity index (χ1n) is 12.3. The Kier molecular flexibility index (Phi) is 7.37. The first-order chi connectivity index (χ1) is 17.1. The number of Topliss-reactive ketones (excluding diaryl/α,β-unsaturated/α-hetero) is 1. The molecule has 2 aromatic rings. The molecule has 0 bridgehead atoms. The van der Waals surface area contributed by atoms with Crippen LogP contribution in [0.2, 0.25) is 0 Å². The van der Waals surface area contributed by atoms with Crippen LogP contribution in [0.5, 0.6) is 5.88 Å². The predicted octanol–water partition coefficient (Wildman–Crippen LogP) is 2.26. The van der Waals surface area contributed by atoms with E-state index in [4.69, 9.17) is 10.5 Å². The number of aromatic nitrogens is 2. The van der Waals surface area contributed by atoms with E-state index in [1.807, 2.05) is 43.9 Å². The van der Waals surface area contributed by atoms with E-state index >= 15 is 0 Å². The molecule has 1 atom stereocenters. The average molecular weight is 492 g/mol. The maximum atomic E-state index is 13.1. The molecule has 36 heavy (non-hydrogen) atoms. The van der Waals surface area contributed by atoms with Crippen molar-refractivity contribution < 1.29 is 19.1 Å². The van der Waals surface area contributed by atoms with Crippen LogP contribution in [0.25, 0.3) is 5.70 Å². The number of ether oxygens (including phenoxy) is 1. The molecule has 1 fully saturated rings. The second kappa shape index (κ2) is 10.5. The van der Waals surface area contributed by atoms with Crippen LogP contribution in [0.3, 0.4) is 0 Å². The number of amides is 2. The number of carbonyl (C=O) groups excluding carboxylic acids is 3. The maximum absolute atomic E-state index is 13.1. The summed E-state index contributed by atoms with van der Waals surface area (Å²) in [6.07, 6.45) is 4.30. The number of carbonyl (C=O) groups is 3. The molecule has 0 radical (unpaired) electrons. The molecule has 2 aliphatic heterocycles. The van der Waals surface area contributed by atoms with Gasteiger partial charge in [-0.2, -0.15) is 0 Å². The molecule has 9 nitrogen and oxygen atoms in total. The Morgan fingerprint density at radius 2 is 1.97 bits per heavy atom. The molecule has 0 aliphatic carbocycles. The van der Waals surface area contributed by atoms with E-state index in [1.54, 1.807) is 17.3 Å². The summed E-state index contributed by atoms with van der Waals surface area (Å²) in [7, 11) is 0. The van der Waals surface area contributed by atoms with Crippen molar-refractivity contribution in [2.75, 3.05) is 19.7 Å². The number of likely N-dealkylation sites (tertiary alicyclic amines) is 1. The largest absolute Gasteiger partial charge is 0.473 e. The van der Waals surface area contributed by atoms with Gasteiger partial charge in [0, 0.05) is 61.8 Å². The van der Waals surface area contributed by atoms with E-state index in [0.29, 0.717) is 48.8 Å². The van der Waals surface area contributed by atoms with Gasteiger partial charge in [0.15, 0.2) is 5.78 Å². The summed E-state index contributed by atoms with van der Waals surface area (Å²) in [5, 5.41) is 0. The lowest BCUT2D eigenvalue weighted by molar-refractivity contribution is -0.136. The van der Waals surface area contributed by atoms with Gasteiger partial charge in [-0.05, 0) is 57.4 Å². The highest BCUT2D eigenvalue weighted by atomic mass is 16.5. The predicted molar refractivity (Wildman–Crippen MR) is 135 cm³/mol. The monoisotopic (exact) mass is 491 g/mol. The third kappa shape index (κ3) is 5.40. The minimum Gasteiger partial charge on any atom is -0.473 e. The van der Waals surface area contributed by atoms with Gasteiger partial charge in [0.2, 0.25) is 17.7 Å². The van der Waals surface area contributed by atoms with Crippen LogP contribution in [-0.2, 0) is 27.3 Å². The Labute approximate surface area is 211 Å². The fourth-order valence-corrected chi connectivity index (χ4v) is 4.66.